The molecule has 0 aliphatic carbocycles. The number of hydrogen-bond donors (Lipinski definition) is 2. The first-order chi connectivity index (χ1) is 12.5. The number of ether oxygens (including phenoxy) is 1. The van der Waals surface area contributed by atoms with Crippen LogP contribution in [0.15, 0.2) is 51.7 Å². The van der Waals surface area contributed by atoms with Gasteiger partial charge in [-0.15, -0.1) is 0 Å². The van der Waals surface area contributed by atoms with E-state index in [1.807, 2.05) is 36.4 Å². The third-order valence-corrected chi connectivity index (χ3v) is 5.47. The molecule has 3 aromatic rings. The number of aromatic nitrogens is 2. The summed E-state index contributed by atoms with van der Waals surface area (Å²) >= 11 is 10.1. The summed E-state index contributed by atoms with van der Waals surface area (Å²) in [5, 5.41) is 3.76. The van der Waals surface area contributed by atoms with Crippen molar-refractivity contribution in [3.63, 3.8) is 0 Å². The van der Waals surface area contributed by atoms with Crippen molar-refractivity contribution in [3.05, 3.63) is 68.7 Å². The number of rotatable bonds is 5. The molecule has 0 spiro atoms. The van der Waals surface area contributed by atoms with Crippen LogP contribution in [-0.2, 0) is 12.3 Å². The third-order valence-electron chi connectivity index (χ3n) is 3.65. The van der Waals surface area contributed by atoms with Crippen LogP contribution in [0, 0.1) is 0 Å². The Morgan fingerprint density at radius 1 is 1.31 bits per heavy atom. The maximum absolute atomic E-state index is 12.2. The second kappa shape index (κ2) is 8.66. The normalized spacial score (nSPS) is 10.7. The number of halogens is 1. The molecular weight excluding hydrogens is 434 g/mol. The van der Waals surface area contributed by atoms with Gasteiger partial charge in [0.1, 0.15) is 15.9 Å². The fraction of sp³-hybridized carbons (Fsp3) is 0.167. The number of thiocarbonyl (C=S) groups is 1. The van der Waals surface area contributed by atoms with E-state index in [1.165, 1.54) is 11.8 Å². The van der Waals surface area contributed by atoms with Crippen molar-refractivity contribution < 1.29 is 4.74 Å². The molecule has 1 aromatic heterocycles. The Kier molecular flexibility index (Phi) is 6.29. The lowest BCUT2D eigenvalue weighted by Crippen LogP contribution is -2.18. The monoisotopic (exact) mass is 449 g/mol. The predicted octanol–water partition coefficient (Wildman–Crippen LogP) is 4.00. The van der Waals surface area contributed by atoms with E-state index in [9.17, 15) is 4.79 Å². The first kappa shape index (κ1) is 18.9. The molecule has 0 saturated carbocycles. The van der Waals surface area contributed by atoms with Crippen LogP contribution in [0.5, 0.6) is 5.75 Å². The van der Waals surface area contributed by atoms with Gasteiger partial charge in [-0.1, -0.05) is 52.0 Å². The molecule has 5 nitrogen and oxygen atoms in total. The van der Waals surface area contributed by atoms with Gasteiger partial charge in [-0.25, -0.2) is 4.98 Å². The standard InChI is InChI=1S/C18H16BrN3O2S2/c1-24-13-5-2-11(3-6-13)9-20-18(25)26-10-16-21-15-7-4-12(19)8-14(15)17(23)22-16/h2-8H,9-10H2,1H3,(H,20,25)(H,21,22,23). The largest absolute Gasteiger partial charge is 0.497 e. The fourth-order valence-electron chi connectivity index (χ4n) is 2.33. The molecule has 0 atom stereocenters. The number of aromatic amines is 1. The van der Waals surface area contributed by atoms with Crippen molar-refractivity contribution in [3.8, 4) is 5.75 Å². The Labute approximate surface area is 168 Å². The second-order valence-electron chi connectivity index (χ2n) is 5.45. The maximum Gasteiger partial charge on any atom is 0.258 e. The zero-order valence-electron chi connectivity index (χ0n) is 13.9. The molecule has 0 aliphatic heterocycles. The van der Waals surface area contributed by atoms with Gasteiger partial charge in [0.15, 0.2) is 0 Å². The van der Waals surface area contributed by atoms with Gasteiger partial charge >= 0.3 is 0 Å². The average Bonchev–Trinajstić information content (AvgIpc) is 2.65. The topological polar surface area (TPSA) is 67.0 Å². The highest BCUT2D eigenvalue weighted by atomic mass is 79.9. The van der Waals surface area contributed by atoms with Crippen LogP contribution in [0.1, 0.15) is 11.4 Å². The van der Waals surface area contributed by atoms with E-state index in [0.29, 0.717) is 33.3 Å². The molecule has 0 aliphatic rings. The molecule has 0 bridgehead atoms. The van der Waals surface area contributed by atoms with Crippen LogP contribution in [0.4, 0.5) is 0 Å². The van der Waals surface area contributed by atoms with Gasteiger partial charge in [0.2, 0.25) is 0 Å². The number of fused-ring (bicyclic) bond motifs is 1. The first-order valence-electron chi connectivity index (χ1n) is 7.77. The summed E-state index contributed by atoms with van der Waals surface area (Å²) < 4.78 is 6.64. The zero-order valence-corrected chi connectivity index (χ0v) is 17.1. The summed E-state index contributed by atoms with van der Waals surface area (Å²) in [5.74, 6) is 1.92. The highest BCUT2D eigenvalue weighted by molar-refractivity contribution is 9.10. The summed E-state index contributed by atoms with van der Waals surface area (Å²) in [5.41, 5.74) is 1.63. The van der Waals surface area contributed by atoms with E-state index >= 15 is 0 Å². The first-order valence-corrected chi connectivity index (χ1v) is 9.96. The lowest BCUT2D eigenvalue weighted by Gasteiger charge is -2.08. The van der Waals surface area contributed by atoms with Crippen LogP contribution in [0.3, 0.4) is 0 Å². The molecule has 134 valence electrons. The number of nitrogens with one attached hydrogen (secondary N) is 2. The highest BCUT2D eigenvalue weighted by Gasteiger charge is 2.06. The smallest absolute Gasteiger partial charge is 0.258 e. The molecule has 2 N–H and O–H groups in total. The minimum Gasteiger partial charge on any atom is -0.497 e. The van der Waals surface area contributed by atoms with Gasteiger partial charge in [0, 0.05) is 11.0 Å². The molecule has 0 radical (unpaired) electrons. The Morgan fingerprint density at radius 2 is 2.08 bits per heavy atom. The van der Waals surface area contributed by atoms with Crippen LogP contribution < -0.4 is 15.6 Å². The molecule has 0 amide bonds. The second-order valence-corrected chi connectivity index (χ2v) is 8.02. The lowest BCUT2D eigenvalue weighted by atomic mass is 10.2. The summed E-state index contributed by atoms with van der Waals surface area (Å²) in [7, 11) is 1.64. The Balaban J connectivity index is 1.58. The number of benzene rings is 2. The summed E-state index contributed by atoms with van der Waals surface area (Å²) in [6.45, 7) is 0.630. The molecule has 0 fully saturated rings. The summed E-state index contributed by atoms with van der Waals surface area (Å²) in [6.07, 6.45) is 0. The molecule has 3 rings (SSSR count). The molecule has 0 unspecified atom stereocenters. The van der Waals surface area contributed by atoms with E-state index in [2.05, 4.69) is 31.2 Å². The average molecular weight is 450 g/mol. The van der Waals surface area contributed by atoms with Crippen LogP contribution in [0.25, 0.3) is 10.9 Å². The maximum atomic E-state index is 12.2. The lowest BCUT2D eigenvalue weighted by molar-refractivity contribution is 0.414. The van der Waals surface area contributed by atoms with Crippen LogP contribution in [0.2, 0.25) is 0 Å². The van der Waals surface area contributed by atoms with E-state index < -0.39 is 0 Å². The van der Waals surface area contributed by atoms with Crippen molar-refractivity contribution >= 4 is 55.1 Å². The van der Waals surface area contributed by atoms with Gasteiger partial charge in [0.25, 0.3) is 5.56 Å². The van der Waals surface area contributed by atoms with Gasteiger partial charge in [0.05, 0.1) is 23.8 Å². The van der Waals surface area contributed by atoms with E-state index in [-0.39, 0.29) is 5.56 Å². The number of nitrogens with zero attached hydrogens (tertiary/aromatic N) is 1. The van der Waals surface area contributed by atoms with Gasteiger partial charge in [-0.05, 0) is 35.9 Å². The summed E-state index contributed by atoms with van der Waals surface area (Å²) in [6, 6.07) is 13.2. The molecule has 1 heterocycles. The Bertz CT molecular complexity index is 990. The minimum absolute atomic E-state index is 0.149. The van der Waals surface area contributed by atoms with Crippen molar-refractivity contribution in [2.75, 3.05) is 7.11 Å². The molecular formula is C18H16BrN3O2S2. The van der Waals surface area contributed by atoms with Gasteiger partial charge < -0.3 is 15.0 Å². The van der Waals surface area contributed by atoms with E-state index in [1.54, 1.807) is 13.2 Å². The SMILES string of the molecule is COc1ccc(CNC(=S)SCc2nc3ccc(Br)cc3c(=O)[nH]2)cc1. The number of hydrogen-bond acceptors (Lipinski definition) is 5. The van der Waals surface area contributed by atoms with Crippen LogP contribution >= 0.6 is 39.9 Å². The number of methoxy groups -OCH3 is 1. The predicted molar refractivity (Wildman–Crippen MR) is 114 cm³/mol. The van der Waals surface area contributed by atoms with Crippen molar-refractivity contribution in [2.24, 2.45) is 0 Å². The van der Waals surface area contributed by atoms with E-state index in [4.69, 9.17) is 17.0 Å². The fourth-order valence-corrected chi connectivity index (χ4v) is 3.52. The van der Waals surface area contributed by atoms with Crippen molar-refractivity contribution in [1.29, 1.82) is 0 Å². The zero-order chi connectivity index (χ0) is 18.5. The number of thioether (sulfide) groups is 1. The molecule has 26 heavy (non-hydrogen) atoms. The third kappa shape index (κ3) is 4.84. The Hall–Kier alpha value is -1.90. The molecule has 2 aromatic carbocycles. The van der Waals surface area contributed by atoms with Gasteiger partial charge in [-0.3, -0.25) is 4.79 Å². The molecule has 8 heteroatoms. The van der Waals surface area contributed by atoms with Crippen molar-refractivity contribution in [2.45, 2.75) is 12.3 Å². The minimum atomic E-state index is -0.149. The van der Waals surface area contributed by atoms with Gasteiger partial charge in [-0.2, -0.15) is 0 Å². The van der Waals surface area contributed by atoms with Crippen LogP contribution in [-0.4, -0.2) is 21.4 Å². The number of H-pyrrole nitrogens is 1. The highest BCUT2D eigenvalue weighted by Crippen LogP contribution is 2.17. The van der Waals surface area contributed by atoms with Crippen molar-refractivity contribution in [1.82, 2.24) is 15.3 Å². The Morgan fingerprint density at radius 3 is 2.81 bits per heavy atom. The summed E-state index contributed by atoms with van der Waals surface area (Å²) in [4.78, 5) is 19.5. The van der Waals surface area contributed by atoms with E-state index in [0.717, 1.165) is 15.8 Å². The molecule has 0 saturated heterocycles. The quantitative estimate of drug-likeness (QED) is 0.573.